The predicted molar refractivity (Wildman–Crippen MR) is 61.9 cm³/mol. The normalized spacial score (nSPS) is 26.5. The molecule has 0 radical (unpaired) electrons. The van der Waals surface area contributed by atoms with Gasteiger partial charge in [0.2, 0.25) is 0 Å². The Morgan fingerprint density at radius 1 is 1.33 bits per heavy atom. The van der Waals surface area contributed by atoms with Crippen LogP contribution in [0.1, 0.15) is 12.0 Å². The lowest BCUT2D eigenvalue weighted by Gasteiger charge is -2.31. The monoisotopic (exact) mass is 205 g/mol. The summed E-state index contributed by atoms with van der Waals surface area (Å²) in [4.78, 5) is 0. The topological polar surface area (TPSA) is 21.3 Å². The number of nitrogens with one attached hydrogen (secondary N) is 1. The summed E-state index contributed by atoms with van der Waals surface area (Å²) in [6, 6.07) is 10.7. The molecule has 1 aliphatic rings. The zero-order valence-corrected chi connectivity index (χ0v) is 9.28. The van der Waals surface area contributed by atoms with E-state index >= 15 is 0 Å². The molecule has 1 saturated heterocycles. The number of hydrogen-bond acceptors (Lipinski definition) is 2. The van der Waals surface area contributed by atoms with Crippen LogP contribution in [0.4, 0.5) is 0 Å². The third-order valence-corrected chi connectivity index (χ3v) is 3.21. The molecule has 0 aromatic heterocycles. The quantitative estimate of drug-likeness (QED) is 0.813. The van der Waals surface area contributed by atoms with Crippen molar-refractivity contribution in [2.75, 3.05) is 20.2 Å². The van der Waals surface area contributed by atoms with Gasteiger partial charge in [-0.2, -0.15) is 0 Å². The van der Waals surface area contributed by atoms with Gasteiger partial charge in [-0.3, -0.25) is 0 Å². The van der Waals surface area contributed by atoms with Crippen molar-refractivity contribution in [3.8, 4) is 0 Å². The van der Waals surface area contributed by atoms with E-state index in [4.69, 9.17) is 4.74 Å². The van der Waals surface area contributed by atoms with E-state index < -0.39 is 0 Å². The smallest absolute Gasteiger partial charge is 0.0727 e. The van der Waals surface area contributed by atoms with Crippen molar-refractivity contribution in [1.82, 2.24) is 5.32 Å². The SMILES string of the molecule is CO[C@H]1CNCC[C@@H]1Cc1ccccc1. The minimum absolute atomic E-state index is 0.374. The minimum Gasteiger partial charge on any atom is -0.380 e. The van der Waals surface area contributed by atoms with Crippen LogP contribution in [0, 0.1) is 5.92 Å². The van der Waals surface area contributed by atoms with Gasteiger partial charge in [-0.15, -0.1) is 0 Å². The van der Waals surface area contributed by atoms with E-state index in [1.165, 1.54) is 12.0 Å². The summed E-state index contributed by atoms with van der Waals surface area (Å²) in [5.41, 5.74) is 1.42. The van der Waals surface area contributed by atoms with Gasteiger partial charge in [0.15, 0.2) is 0 Å². The van der Waals surface area contributed by atoms with Crippen molar-refractivity contribution in [2.24, 2.45) is 5.92 Å². The Hall–Kier alpha value is -0.860. The molecule has 2 heteroatoms. The molecular formula is C13H19NO. The van der Waals surface area contributed by atoms with Crippen LogP contribution in [-0.4, -0.2) is 26.3 Å². The Bertz CT molecular complexity index is 286. The molecule has 0 bridgehead atoms. The van der Waals surface area contributed by atoms with Crippen LogP contribution >= 0.6 is 0 Å². The van der Waals surface area contributed by atoms with Crippen LogP contribution < -0.4 is 5.32 Å². The summed E-state index contributed by atoms with van der Waals surface area (Å²) in [5, 5.41) is 3.38. The Kier molecular flexibility index (Phi) is 3.75. The molecule has 0 spiro atoms. The van der Waals surface area contributed by atoms with Crippen LogP contribution in [0.25, 0.3) is 0 Å². The summed E-state index contributed by atoms with van der Waals surface area (Å²) in [5.74, 6) is 0.665. The Morgan fingerprint density at radius 3 is 2.87 bits per heavy atom. The van der Waals surface area contributed by atoms with Gasteiger partial charge in [0.1, 0.15) is 0 Å². The fourth-order valence-electron chi connectivity index (χ4n) is 2.31. The molecule has 2 nitrogen and oxygen atoms in total. The summed E-state index contributed by atoms with van der Waals surface area (Å²) in [6.45, 7) is 2.12. The van der Waals surface area contributed by atoms with Gasteiger partial charge in [0, 0.05) is 13.7 Å². The van der Waals surface area contributed by atoms with Crippen molar-refractivity contribution in [3.63, 3.8) is 0 Å². The zero-order chi connectivity index (χ0) is 10.5. The molecule has 2 atom stereocenters. The van der Waals surface area contributed by atoms with Crippen LogP contribution in [0.5, 0.6) is 0 Å². The number of hydrogen-bond donors (Lipinski definition) is 1. The molecule has 1 fully saturated rings. The van der Waals surface area contributed by atoms with Crippen molar-refractivity contribution in [3.05, 3.63) is 35.9 Å². The highest BCUT2D eigenvalue weighted by molar-refractivity contribution is 5.15. The van der Waals surface area contributed by atoms with Crippen molar-refractivity contribution < 1.29 is 4.74 Å². The Labute approximate surface area is 91.6 Å². The van der Waals surface area contributed by atoms with Crippen molar-refractivity contribution >= 4 is 0 Å². The number of ether oxygens (including phenoxy) is 1. The highest BCUT2D eigenvalue weighted by atomic mass is 16.5. The van der Waals surface area contributed by atoms with Gasteiger partial charge in [0.25, 0.3) is 0 Å². The number of rotatable bonds is 3. The molecule has 15 heavy (non-hydrogen) atoms. The third-order valence-electron chi connectivity index (χ3n) is 3.21. The second-order valence-electron chi connectivity index (χ2n) is 4.22. The summed E-state index contributed by atoms with van der Waals surface area (Å²) in [7, 11) is 1.82. The zero-order valence-electron chi connectivity index (χ0n) is 9.28. The Morgan fingerprint density at radius 2 is 2.13 bits per heavy atom. The first-order valence-electron chi connectivity index (χ1n) is 5.67. The lowest BCUT2D eigenvalue weighted by atomic mass is 9.88. The first kappa shape index (κ1) is 10.7. The lowest BCUT2D eigenvalue weighted by Crippen LogP contribution is -2.42. The van der Waals surface area contributed by atoms with E-state index in [1.54, 1.807) is 0 Å². The second-order valence-corrected chi connectivity index (χ2v) is 4.22. The average molecular weight is 205 g/mol. The van der Waals surface area contributed by atoms with Crippen molar-refractivity contribution in [2.45, 2.75) is 18.9 Å². The lowest BCUT2D eigenvalue weighted by molar-refractivity contribution is 0.0341. The molecule has 0 amide bonds. The summed E-state index contributed by atoms with van der Waals surface area (Å²) in [6.07, 6.45) is 2.73. The molecule has 1 aromatic rings. The minimum atomic E-state index is 0.374. The van der Waals surface area contributed by atoms with Crippen molar-refractivity contribution in [1.29, 1.82) is 0 Å². The molecule has 0 unspecified atom stereocenters. The Balaban J connectivity index is 1.97. The average Bonchev–Trinajstić information content (AvgIpc) is 2.31. The maximum Gasteiger partial charge on any atom is 0.0727 e. The van der Waals surface area contributed by atoms with Gasteiger partial charge >= 0.3 is 0 Å². The molecule has 1 heterocycles. The number of piperidine rings is 1. The number of benzene rings is 1. The summed E-state index contributed by atoms with van der Waals surface area (Å²) >= 11 is 0. The van der Waals surface area contributed by atoms with Crippen LogP contribution in [0.15, 0.2) is 30.3 Å². The highest BCUT2D eigenvalue weighted by Gasteiger charge is 2.24. The maximum absolute atomic E-state index is 5.51. The largest absolute Gasteiger partial charge is 0.380 e. The van der Waals surface area contributed by atoms with E-state index in [-0.39, 0.29) is 0 Å². The van der Waals surface area contributed by atoms with Crippen LogP contribution in [-0.2, 0) is 11.2 Å². The molecular weight excluding hydrogens is 186 g/mol. The van der Waals surface area contributed by atoms with E-state index in [2.05, 4.69) is 35.6 Å². The van der Waals surface area contributed by atoms with E-state index in [9.17, 15) is 0 Å². The molecule has 0 saturated carbocycles. The first-order valence-corrected chi connectivity index (χ1v) is 5.67. The molecule has 0 aliphatic carbocycles. The number of methoxy groups -OCH3 is 1. The highest BCUT2D eigenvalue weighted by Crippen LogP contribution is 2.20. The first-order chi connectivity index (χ1) is 7.40. The van der Waals surface area contributed by atoms with Gasteiger partial charge in [-0.25, -0.2) is 0 Å². The summed E-state index contributed by atoms with van der Waals surface area (Å²) < 4.78 is 5.51. The maximum atomic E-state index is 5.51. The van der Waals surface area contributed by atoms with Gasteiger partial charge in [-0.05, 0) is 30.9 Å². The fourth-order valence-corrected chi connectivity index (χ4v) is 2.31. The molecule has 82 valence electrons. The van der Waals surface area contributed by atoms with E-state index in [1.807, 2.05) is 7.11 Å². The third kappa shape index (κ3) is 2.80. The fraction of sp³-hybridized carbons (Fsp3) is 0.538. The van der Waals surface area contributed by atoms with Crippen LogP contribution in [0.3, 0.4) is 0 Å². The molecule has 1 aromatic carbocycles. The predicted octanol–water partition coefficient (Wildman–Crippen LogP) is 1.85. The van der Waals surface area contributed by atoms with Gasteiger partial charge < -0.3 is 10.1 Å². The second kappa shape index (κ2) is 5.29. The molecule has 1 aliphatic heterocycles. The van der Waals surface area contributed by atoms with E-state index in [0.717, 1.165) is 19.5 Å². The van der Waals surface area contributed by atoms with E-state index in [0.29, 0.717) is 12.0 Å². The standard InChI is InChI=1S/C13H19NO/c1-15-13-10-14-8-7-12(13)9-11-5-3-2-4-6-11/h2-6,12-14H,7-10H2,1H3/t12-,13+/m1/s1. The van der Waals surface area contributed by atoms with Crippen LogP contribution in [0.2, 0.25) is 0 Å². The molecule has 2 rings (SSSR count). The van der Waals surface area contributed by atoms with Gasteiger partial charge in [0.05, 0.1) is 6.10 Å². The van der Waals surface area contributed by atoms with Gasteiger partial charge in [-0.1, -0.05) is 30.3 Å². The molecule has 1 N–H and O–H groups in total.